The van der Waals surface area contributed by atoms with Crippen LogP contribution in [0.1, 0.15) is 0 Å². The zero-order valence-corrected chi connectivity index (χ0v) is 4.90. The fourth-order valence-electron chi connectivity index (χ4n) is 0. The first-order valence-electron chi connectivity index (χ1n) is 1.09. The molecular weight excluding hydrogens is 140 g/mol. The monoisotopic (exact) mass is 148 g/mol. The van der Waals surface area contributed by atoms with Crippen molar-refractivity contribution in [1.82, 2.24) is 0 Å². The van der Waals surface area contributed by atoms with Crippen molar-refractivity contribution in [2.75, 3.05) is 7.11 Å². The first kappa shape index (κ1) is 15.7. The Balaban J connectivity index is -0.000000125. The average molecular weight is 148 g/mol. The van der Waals surface area contributed by atoms with Crippen LogP contribution >= 0.6 is 0 Å². The van der Waals surface area contributed by atoms with Crippen molar-refractivity contribution in [2.24, 2.45) is 0 Å². The van der Waals surface area contributed by atoms with Gasteiger partial charge >= 0.3 is 10.4 Å². The lowest BCUT2D eigenvalue weighted by Gasteiger charge is -1.82. The minimum atomic E-state index is -4.16. The Morgan fingerprint density at radius 2 is 1.50 bits per heavy atom. The summed E-state index contributed by atoms with van der Waals surface area (Å²) in [6, 6.07) is 0. The molecule has 0 heterocycles. The Bertz CT molecular complexity index is 110. The van der Waals surface area contributed by atoms with E-state index in [1.807, 2.05) is 0 Å². The summed E-state index contributed by atoms with van der Waals surface area (Å²) >= 11 is 0. The molecule has 8 heavy (non-hydrogen) atoms. The van der Waals surface area contributed by atoms with Crippen molar-refractivity contribution in [1.29, 1.82) is 0 Å². The van der Waals surface area contributed by atoms with Gasteiger partial charge in [-0.2, -0.15) is 8.42 Å². The molecule has 0 aromatic rings. The molecule has 0 radical (unpaired) electrons. The fourth-order valence-corrected chi connectivity index (χ4v) is 0. The van der Waals surface area contributed by atoms with Crippen LogP contribution in [-0.4, -0.2) is 31.0 Å². The van der Waals surface area contributed by atoms with Crippen LogP contribution in [0.25, 0.3) is 0 Å². The smallest absolute Gasteiger partial charge is 0.397 e. The molecule has 5 N–H and O–H groups in total. The van der Waals surface area contributed by atoms with E-state index in [9.17, 15) is 8.42 Å². The maximum Gasteiger partial charge on any atom is 0.397 e. The van der Waals surface area contributed by atoms with E-state index in [4.69, 9.17) is 4.55 Å². The van der Waals surface area contributed by atoms with Gasteiger partial charge in [-0.3, -0.25) is 8.74 Å². The highest BCUT2D eigenvalue weighted by atomic mass is 32.3. The third-order valence-corrected chi connectivity index (χ3v) is 0.632. The molecule has 0 fully saturated rings. The third kappa shape index (κ3) is 17.1. The van der Waals surface area contributed by atoms with Gasteiger partial charge in [-0.25, -0.2) is 0 Å². The normalized spacial score (nSPS) is 8.75. The molecule has 0 unspecified atom stereocenters. The topological polar surface area (TPSA) is 127 Å². The van der Waals surface area contributed by atoms with E-state index in [0.717, 1.165) is 7.11 Å². The summed E-state index contributed by atoms with van der Waals surface area (Å²) in [5.74, 6) is 0. The summed E-state index contributed by atoms with van der Waals surface area (Å²) in [6.45, 7) is 0. The van der Waals surface area contributed by atoms with Crippen LogP contribution in [-0.2, 0) is 14.6 Å². The van der Waals surface area contributed by atoms with Gasteiger partial charge in [0.05, 0.1) is 7.11 Å². The molecule has 0 rings (SSSR count). The first-order chi connectivity index (χ1) is 2.56. The van der Waals surface area contributed by atoms with Gasteiger partial charge in [-0.15, -0.1) is 0 Å². The Labute approximate surface area is 46.7 Å². The molecule has 0 aliphatic heterocycles. The lowest BCUT2D eigenvalue weighted by atomic mass is 11.8. The minimum Gasteiger partial charge on any atom is -0.412 e. The zero-order valence-electron chi connectivity index (χ0n) is 4.08. The molecule has 0 aromatic heterocycles. The second kappa shape index (κ2) is 4.94. The van der Waals surface area contributed by atoms with Crippen molar-refractivity contribution in [3.63, 3.8) is 0 Å². The van der Waals surface area contributed by atoms with Crippen LogP contribution < -0.4 is 0 Å². The van der Waals surface area contributed by atoms with Crippen molar-refractivity contribution in [2.45, 2.75) is 0 Å². The maximum absolute atomic E-state index is 9.33. The number of rotatable bonds is 1. The fraction of sp³-hybridized carbons (Fsp3) is 1.00. The number of hydrogen-bond donors (Lipinski definition) is 1. The lowest BCUT2D eigenvalue weighted by Crippen LogP contribution is -1.96. The molecule has 0 saturated heterocycles. The van der Waals surface area contributed by atoms with Gasteiger partial charge < -0.3 is 11.0 Å². The molecule has 0 saturated carbocycles. The van der Waals surface area contributed by atoms with E-state index < -0.39 is 10.4 Å². The van der Waals surface area contributed by atoms with Gasteiger partial charge in [0, 0.05) is 0 Å². The van der Waals surface area contributed by atoms with Gasteiger partial charge in [-0.05, 0) is 0 Å². The molecule has 7 heteroatoms. The molecule has 0 aliphatic carbocycles. The first-order valence-corrected chi connectivity index (χ1v) is 2.46. The summed E-state index contributed by atoms with van der Waals surface area (Å²) in [4.78, 5) is 0. The second-order valence-electron chi connectivity index (χ2n) is 0.594. The predicted molar refractivity (Wildman–Crippen MR) is 25.8 cm³/mol. The van der Waals surface area contributed by atoms with E-state index in [1.165, 1.54) is 0 Å². The molecule has 0 atom stereocenters. The molecule has 0 aliphatic rings. The van der Waals surface area contributed by atoms with Crippen LogP contribution in [0.4, 0.5) is 0 Å². The summed E-state index contributed by atoms with van der Waals surface area (Å²) in [6.07, 6.45) is 0. The van der Waals surface area contributed by atoms with Crippen LogP contribution in [0.3, 0.4) is 0 Å². The summed E-state index contributed by atoms with van der Waals surface area (Å²) in [5.41, 5.74) is 0. The van der Waals surface area contributed by atoms with Gasteiger partial charge in [-0.1, -0.05) is 0 Å². The molecule has 0 bridgehead atoms. The van der Waals surface area contributed by atoms with Crippen LogP contribution in [0, 0.1) is 0 Å². The number of hydrogen-bond acceptors (Lipinski definition) is 3. The Morgan fingerprint density at radius 1 is 1.38 bits per heavy atom. The molecule has 54 valence electrons. The Kier molecular flexibility index (Phi) is 9.66. The van der Waals surface area contributed by atoms with Gasteiger partial charge in [0.25, 0.3) is 0 Å². The highest BCUT2D eigenvalue weighted by molar-refractivity contribution is 7.80. The Hall–Kier alpha value is -0.210. The van der Waals surface area contributed by atoms with Gasteiger partial charge in [0.2, 0.25) is 0 Å². The van der Waals surface area contributed by atoms with E-state index in [0.29, 0.717) is 0 Å². The predicted octanol–water partition coefficient (Wildman–Crippen LogP) is -2.21. The van der Waals surface area contributed by atoms with E-state index in [1.54, 1.807) is 0 Å². The SMILES string of the molecule is COS(=O)(=O)O.O.O. The quantitative estimate of drug-likeness (QED) is 0.422. The lowest BCUT2D eigenvalue weighted by molar-refractivity contribution is 0.324. The van der Waals surface area contributed by atoms with Gasteiger partial charge in [0.1, 0.15) is 0 Å². The summed E-state index contributed by atoms with van der Waals surface area (Å²) in [5, 5.41) is 0. The molecule has 0 spiro atoms. The maximum atomic E-state index is 9.33. The van der Waals surface area contributed by atoms with Crippen molar-refractivity contribution in [3.8, 4) is 0 Å². The highest BCUT2D eigenvalue weighted by Gasteiger charge is 1.93. The Morgan fingerprint density at radius 3 is 1.50 bits per heavy atom. The molecular formula is CH8O6S. The van der Waals surface area contributed by atoms with Crippen LogP contribution in [0.15, 0.2) is 0 Å². The van der Waals surface area contributed by atoms with Crippen LogP contribution in [0.5, 0.6) is 0 Å². The summed E-state index contributed by atoms with van der Waals surface area (Å²) in [7, 11) is -3.29. The van der Waals surface area contributed by atoms with Gasteiger partial charge in [0.15, 0.2) is 0 Å². The van der Waals surface area contributed by atoms with Crippen molar-refractivity contribution < 1.29 is 28.1 Å². The van der Waals surface area contributed by atoms with E-state index in [2.05, 4.69) is 4.18 Å². The molecule has 0 amide bonds. The largest absolute Gasteiger partial charge is 0.412 e. The molecule has 6 nitrogen and oxygen atoms in total. The van der Waals surface area contributed by atoms with E-state index in [-0.39, 0.29) is 11.0 Å². The molecule has 0 aromatic carbocycles. The standard InChI is InChI=1S/CH4O4S.2H2O/c1-5-6(2,3)4;;/h1H3,(H,2,3,4);2*1H2. The third-order valence-electron chi connectivity index (χ3n) is 0.211. The average Bonchev–Trinajstić information content (AvgIpc) is 1.35. The zero-order chi connectivity index (χ0) is 5.21. The van der Waals surface area contributed by atoms with E-state index >= 15 is 0 Å². The highest BCUT2D eigenvalue weighted by Crippen LogP contribution is 1.74. The van der Waals surface area contributed by atoms with Crippen molar-refractivity contribution >= 4 is 10.4 Å². The minimum absolute atomic E-state index is 0. The van der Waals surface area contributed by atoms with Crippen molar-refractivity contribution in [3.05, 3.63) is 0 Å². The second-order valence-corrected chi connectivity index (χ2v) is 1.78. The van der Waals surface area contributed by atoms with Crippen LogP contribution in [0.2, 0.25) is 0 Å². The summed E-state index contributed by atoms with van der Waals surface area (Å²) < 4.78 is 29.7.